The molecule has 19 heavy (non-hydrogen) atoms. The molecule has 2 rings (SSSR count). The predicted molar refractivity (Wildman–Crippen MR) is 81.4 cm³/mol. The topological polar surface area (TPSA) is 20.2 Å². The number of hydrogen-bond donors (Lipinski definition) is 1. The van der Waals surface area contributed by atoms with E-state index in [2.05, 4.69) is 31.2 Å². The van der Waals surface area contributed by atoms with Crippen molar-refractivity contribution in [1.82, 2.24) is 0 Å². The highest BCUT2D eigenvalue weighted by molar-refractivity contribution is 6.30. The Morgan fingerprint density at radius 1 is 1.05 bits per heavy atom. The van der Waals surface area contributed by atoms with Crippen LogP contribution in [0.15, 0.2) is 42.5 Å². The summed E-state index contributed by atoms with van der Waals surface area (Å²) in [6.45, 7) is 2.21. The van der Waals surface area contributed by atoms with Crippen LogP contribution in [0, 0.1) is 0 Å². The van der Waals surface area contributed by atoms with Gasteiger partial charge in [0, 0.05) is 5.02 Å². The van der Waals surface area contributed by atoms with Gasteiger partial charge in [0.2, 0.25) is 0 Å². The minimum absolute atomic E-state index is 0.00742. The largest absolute Gasteiger partial charge is 0.392 e. The lowest BCUT2D eigenvalue weighted by molar-refractivity contribution is 0.282. The number of aliphatic hydroxyl groups excluding tert-OH is 1. The lowest BCUT2D eigenvalue weighted by atomic mass is 9.98. The molecule has 0 amide bonds. The maximum Gasteiger partial charge on any atom is 0.0688 e. The molecule has 100 valence electrons. The number of aliphatic hydroxyl groups is 1. The normalized spacial score (nSPS) is 10.7. The van der Waals surface area contributed by atoms with Gasteiger partial charge in [-0.1, -0.05) is 55.3 Å². The summed E-state index contributed by atoms with van der Waals surface area (Å²) >= 11 is 5.95. The molecule has 0 fully saturated rings. The zero-order valence-electron chi connectivity index (χ0n) is 11.2. The fourth-order valence-corrected chi connectivity index (χ4v) is 2.40. The summed E-state index contributed by atoms with van der Waals surface area (Å²) < 4.78 is 0. The number of unbranched alkanes of at least 4 members (excludes halogenated alkanes) is 1. The van der Waals surface area contributed by atoms with Gasteiger partial charge in [-0.05, 0) is 47.2 Å². The van der Waals surface area contributed by atoms with E-state index < -0.39 is 0 Å². The number of aryl methyl sites for hydroxylation is 1. The molecule has 0 saturated carbocycles. The fourth-order valence-electron chi connectivity index (χ4n) is 2.21. The minimum atomic E-state index is 0.00742. The van der Waals surface area contributed by atoms with Gasteiger partial charge in [-0.15, -0.1) is 0 Å². The molecule has 0 spiro atoms. The molecule has 0 heterocycles. The van der Waals surface area contributed by atoms with Crippen LogP contribution in [0.4, 0.5) is 0 Å². The van der Waals surface area contributed by atoms with Gasteiger partial charge in [-0.2, -0.15) is 0 Å². The molecular formula is C17H19ClO. The summed E-state index contributed by atoms with van der Waals surface area (Å²) in [4.78, 5) is 0. The molecule has 0 bridgehead atoms. The third-order valence-electron chi connectivity index (χ3n) is 3.32. The van der Waals surface area contributed by atoms with E-state index >= 15 is 0 Å². The van der Waals surface area contributed by atoms with Crippen molar-refractivity contribution in [2.24, 2.45) is 0 Å². The monoisotopic (exact) mass is 274 g/mol. The van der Waals surface area contributed by atoms with Crippen LogP contribution >= 0.6 is 11.6 Å². The molecule has 0 aliphatic carbocycles. The third kappa shape index (κ3) is 3.59. The molecule has 1 N–H and O–H groups in total. The smallest absolute Gasteiger partial charge is 0.0688 e. The van der Waals surface area contributed by atoms with Gasteiger partial charge >= 0.3 is 0 Å². The second-order valence-corrected chi connectivity index (χ2v) is 5.20. The van der Waals surface area contributed by atoms with Crippen LogP contribution in [0.1, 0.15) is 30.9 Å². The molecule has 0 aliphatic heterocycles. The number of benzene rings is 2. The standard InChI is InChI=1S/C17H19ClO/c1-2-3-4-13-5-7-14(8-6-13)17-10-9-16(18)11-15(17)12-19/h5-11,19H,2-4,12H2,1H3. The van der Waals surface area contributed by atoms with Crippen LogP contribution < -0.4 is 0 Å². The third-order valence-corrected chi connectivity index (χ3v) is 3.56. The average Bonchev–Trinajstić information content (AvgIpc) is 2.45. The first-order valence-electron chi connectivity index (χ1n) is 6.73. The van der Waals surface area contributed by atoms with E-state index in [1.54, 1.807) is 0 Å². The van der Waals surface area contributed by atoms with Crippen LogP contribution in [-0.4, -0.2) is 5.11 Å². The highest BCUT2D eigenvalue weighted by Gasteiger charge is 2.05. The summed E-state index contributed by atoms with van der Waals surface area (Å²) in [5.74, 6) is 0. The zero-order valence-corrected chi connectivity index (χ0v) is 12.0. The minimum Gasteiger partial charge on any atom is -0.392 e. The number of halogens is 1. The fraction of sp³-hybridized carbons (Fsp3) is 0.294. The Morgan fingerprint density at radius 3 is 2.42 bits per heavy atom. The SMILES string of the molecule is CCCCc1ccc(-c2ccc(Cl)cc2CO)cc1. The van der Waals surface area contributed by atoms with Crippen LogP contribution in [0.2, 0.25) is 5.02 Å². The maximum atomic E-state index is 9.42. The van der Waals surface area contributed by atoms with E-state index in [9.17, 15) is 5.11 Å². The van der Waals surface area contributed by atoms with E-state index in [4.69, 9.17) is 11.6 Å². The Balaban J connectivity index is 2.26. The Labute approximate surface area is 119 Å². The van der Waals surface area contributed by atoms with Gasteiger partial charge in [0.1, 0.15) is 0 Å². The van der Waals surface area contributed by atoms with E-state index in [0.717, 1.165) is 23.1 Å². The molecule has 1 nitrogen and oxygen atoms in total. The van der Waals surface area contributed by atoms with E-state index in [1.165, 1.54) is 18.4 Å². The van der Waals surface area contributed by atoms with E-state index in [1.807, 2.05) is 18.2 Å². The highest BCUT2D eigenvalue weighted by Crippen LogP contribution is 2.27. The Bertz CT molecular complexity index is 531. The second kappa shape index (κ2) is 6.74. The molecule has 2 aromatic carbocycles. The van der Waals surface area contributed by atoms with Crippen LogP contribution in [0.25, 0.3) is 11.1 Å². The van der Waals surface area contributed by atoms with Crippen molar-refractivity contribution in [2.45, 2.75) is 32.8 Å². The maximum absolute atomic E-state index is 9.42. The van der Waals surface area contributed by atoms with Crippen molar-refractivity contribution < 1.29 is 5.11 Å². The van der Waals surface area contributed by atoms with Crippen molar-refractivity contribution in [2.75, 3.05) is 0 Å². The molecule has 0 aromatic heterocycles. The first kappa shape index (κ1) is 14.1. The van der Waals surface area contributed by atoms with Crippen molar-refractivity contribution in [3.8, 4) is 11.1 Å². The van der Waals surface area contributed by atoms with Gasteiger partial charge in [0.05, 0.1) is 6.61 Å². The van der Waals surface area contributed by atoms with Crippen molar-refractivity contribution in [1.29, 1.82) is 0 Å². The average molecular weight is 275 g/mol. The van der Waals surface area contributed by atoms with Crippen LogP contribution in [0.5, 0.6) is 0 Å². The summed E-state index contributed by atoms with van der Waals surface area (Å²) in [6, 6.07) is 14.2. The quantitative estimate of drug-likeness (QED) is 0.827. The van der Waals surface area contributed by atoms with Gasteiger partial charge in [0.15, 0.2) is 0 Å². The van der Waals surface area contributed by atoms with Crippen molar-refractivity contribution in [3.05, 3.63) is 58.6 Å². The first-order chi connectivity index (χ1) is 9.24. The lowest BCUT2D eigenvalue weighted by Gasteiger charge is -2.09. The van der Waals surface area contributed by atoms with Gasteiger partial charge < -0.3 is 5.11 Å². The summed E-state index contributed by atoms with van der Waals surface area (Å²) in [7, 11) is 0. The Kier molecular flexibility index (Phi) is 5.00. The molecule has 2 heteroatoms. The molecule has 0 aliphatic rings. The first-order valence-corrected chi connectivity index (χ1v) is 7.11. The van der Waals surface area contributed by atoms with Gasteiger partial charge in [0.25, 0.3) is 0 Å². The lowest BCUT2D eigenvalue weighted by Crippen LogP contribution is -1.90. The zero-order chi connectivity index (χ0) is 13.7. The molecule has 0 saturated heterocycles. The van der Waals surface area contributed by atoms with Crippen molar-refractivity contribution in [3.63, 3.8) is 0 Å². The molecule has 0 atom stereocenters. The number of rotatable bonds is 5. The Morgan fingerprint density at radius 2 is 1.79 bits per heavy atom. The molecular weight excluding hydrogens is 256 g/mol. The van der Waals surface area contributed by atoms with Crippen LogP contribution in [0.3, 0.4) is 0 Å². The summed E-state index contributed by atoms with van der Waals surface area (Å²) in [5.41, 5.74) is 4.41. The summed E-state index contributed by atoms with van der Waals surface area (Å²) in [6.07, 6.45) is 3.57. The van der Waals surface area contributed by atoms with Gasteiger partial charge in [-0.25, -0.2) is 0 Å². The summed E-state index contributed by atoms with van der Waals surface area (Å²) in [5, 5.41) is 10.1. The molecule has 2 aromatic rings. The Hall–Kier alpha value is -1.31. The van der Waals surface area contributed by atoms with E-state index in [0.29, 0.717) is 5.02 Å². The number of hydrogen-bond acceptors (Lipinski definition) is 1. The van der Waals surface area contributed by atoms with Crippen LogP contribution in [-0.2, 0) is 13.0 Å². The van der Waals surface area contributed by atoms with Crippen molar-refractivity contribution >= 4 is 11.6 Å². The highest BCUT2D eigenvalue weighted by atomic mass is 35.5. The molecule has 0 radical (unpaired) electrons. The van der Waals surface area contributed by atoms with Gasteiger partial charge in [-0.3, -0.25) is 0 Å². The second-order valence-electron chi connectivity index (χ2n) is 4.76. The van der Waals surface area contributed by atoms with E-state index in [-0.39, 0.29) is 6.61 Å². The predicted octanol–water partition coefficient (Wildman–Crippen LogP) is 4.84. The molecule has 0 unspecified atom stereocenters.